The van der Waals surface area contributed by atoms with Crippen molar-refractivity contribution in [1.82, 2.24) is 0 Å². The van der Waals surface area contributed by atoms with E-state index >= 15 is 0 Å². The molecule has 0 aliphatic rings. The van der Waals surface area contributed by atoms with Crippen LogP contribution in [0.3, 0.4) is 0 Å². The molecule has 1 unspecified atom stereocenters. The summed E-state index contributed by atoms with van der Waals surface area (Å²) < 4.78 is 23.8. The summed E-state index contributed by atoms with van der Waals surface area (Å²) in [5.74, 6) is -1.07. The Labute approximate surface area is 72.5 Å². The maximum absolute atomic E-state index is 10.2. The maximum Gasteiger partial charge on any atom is 0.330 e. The van der Waals surface area contributed by atoms with Crippen LogP contribution in [-0.2, 0) is 20.3 Å². The molecule has 0 fully saturated rings. The molecule has 0 saturated carbocycles. The molecule has 0 amide bonds. The molecule has 70 valence electrons. The van der Waals surface area contributed by atoms with Gasteiger partial charge in [-0.05, 0) is 12.8 Å². The van der Waals surface area contributed by atoms with Crippen molar-refractivity contribution in [2.75, 3.05) is 6.61 Å². The molecular formula is C6H9O5S-. The van der Waals surface area contributed by atoms with Crippen LogP contribution in [0.4, 0.5) is 0 Å². The number of hydrogen-bond acceptors (Lipinski definition) is 4. The predicted molar refractivity (Wildman–Crippen MR) is 40.9 cm³/mol. The van der Waals surface area contributed by atoms with Crippen molar-refractivity contribution in [2.24, 2.45) is 0 Å². The summed E-state index contributed by atoms with van der Waals surface area (Å²) in [6.45, 7) is 3.25. The molecule has 0 bridgehead atoms. The number of carboxylic acids is 1. The van der Waals surface area contributed by atoms with Crippen LogP contribution in [0.15, 0.2) is 12.2 Å². The Kier molecular flexibility index (Phi) is 5.52. The zero-order valence-corrected chi connectivity index (χ0v) is 7.13. The van der Waals surface area contributed by atoms with Gasteiger partial charge in [0.25, 0.3) is 0 Å². The van der Waals surface area contributed by atoms with E-state index in [0.29, 0.717) is 6.42 Å². The van der Waals surface area contributed by atoms with Crippen molar-refractivity contribution in [1.29, 1.82) is 0 Å². The van der Waals surface area contributed by atoms with Gasteiger partial charge in [0.2, 0.25) is 0 Å². The van der Waals surface area contributed by atoms with Gasteiger partial charge < -0.3 is 13.8 Å². The highest BCUT2D eigenvalue weighted by atomic mass is 32.2. The number of aliphatic carboxylic acids is 1. The number of carboxylic acid groups (broad SMARTS) is 1. The zero-order chi connectivity index (χ0) is 9.56. The van der Waals surface area contributed by atoms with E-state index in [2.05, 4.69) is 10.8 Å². The first kappa shape index (κ1) is 11.3. The first-order valence-electron chi connectivity index (χ1n) is 3.17. The molecule has 12 heavy (non-hydrogen) atoms. The molecule has 0 radical (unpaired) electrons. The Bertz CT molecular complexity index is 200. The van der Waals surface area contributed by atoms with E-state index in [0.717, 1.165) is 0 Å². The second-order valence-corrected chi connectivity index (χ2v) is 2.68. The Hall–Kier alpha value is -0.720. The Morgan fingerprint density at radius 1 is 1.67 bits per heavy atom. The van der Waals surface area contributed by atoms with Gasteiger partial charge in [0.05, 0.1) is 18.0 Å². The van der Waals surface area contributed by atoms with Crippen molar-refractivity contribution in [2.45, 2.75) is 12.8 Å². The number of rotatable bonds is 6. The van der Waals surface area contributed by atoms with Gasteiger partial charge in [0.1, 0.15) is 0 Å². The summed E-state index contributed by atoms with van der Waals surface area (Å²) in [6, 6.07) is 0. The van der Waals surface area contributed by atoms with Gasteiger partial charge in [-0.25, -0.2) is 9.00 Å². The highest BCUT2D eigenvalue weighted by molar-refractivity contribution is 7.74. The predicted octanol–water partition coefficient (Wildman–Crippen LogP) is 0.218. The van der Waals surface area contributed by atoms with Crippen LogP contribution in [0.5, 0.6) is 0 Å². The summed E-state index contributed by atoms with van der Waals surface area (Å²) in [5.41, 5.74) is 0.0512. The highest BCUT2D eigenvalue weighted by Gasteiger charge is 2.02. The molecular weight excluding hydrogens is 184 g/mol. The standard InChI is InChI=1S/C6H10O5S/c1-5(6(7)8)3-2-4-11-12(9)10/h1-4H2,(H,7,8)(H,9,10)/p-1. The molecule has 1 N–H and O–H groups in total. The van der Waals surface area contributed by atoms with Crippen LogP contribution in [0, 0.1) is 0 Å². The first-order chi connectivity index (χ1) is 5.54. The fourth-order valence-corrected chi connectivity index (χ4v) is 0.773. The van der Waals surface area contributed by atoms with Gasteiger partial charge in [0.15, 0.2) is 0 Å². The molecule has 0 aliphatic carbocycles. The molecule has 0 saturated heterocycles. The fraction of sp³-hybridized carbons (Fsp3) is 0.500. The number of carbonyl (C=O) groups is 1. The summed E-state index contributed by atoms with van der Waals surface area (Å²) in [4.78, 5) is 10.2. The minimum atomic E-state index is -2.52. The van der Waals surface area contributed by atoms with Crippen LogP contribution in [0.2, 0.25) is 0 Å². The minimum absolute atomic E-state index is 0.0115. The van der Waals surface area contributed by atoms with E-state index in [1.54, 1.807) is 0 Å². The third-order valence-corrected chi connectivity index (χ3v) is 1.46. The van der Waals surface area contributed by atoms with Crippen molar-refractivity contribution < 1.29 is 22.8 Å². The van der Waals surface area contributed by atoms with Gasteiger partial charge in [-0.15, -0.1) is 0 Å². The van der Waals surface area contributed by atoms with Crippen LogP contribution in [0.25, 0.3) is 0 Å². The van der Waals surface area contributed by atoms with Crippen LogP contribution < -0.4 is 0 Å². The van der Waals surface area contributed by atoms with Gasteiger partial charge in [0, 0.05) is 5.57 Å². The van der Waals surface area contributed by atoms with E-state index in [9.17, 15) is 13.6 Å². The lowest BCUT2D eigenvalue weighted by Gasteiger charge is -2.04. The molecule has 1 atom stereocenters. The van der Waals surface area contributed by atoms with E-state index in [-0.39, 0.29) is 18.6 Å². The fourth-order valence-electron chi connectivity index (χ4n) is 0.519. The lowest BCUT2D eigenvalue weighted by Crippen LogP contribution is -2.02. The minimum Gasteiger partial charge on any atom is -0.750 e. The van der Waals surface area contributed by atoms with Crippen LogP contribution in [-0.4, -0.2) is 26.4 Å². The third kappa shape index (κ3) is 6.02. The van der Waals surface area contributed by atoms with Crippen LogP contribution in [0.1, 0.15) is 12.8 Å². The Morgan fingerprint density at radius 3 is 2.67 bits per heavy atom. The van der Waals surface area contributed by atoms with E-state index in [4.69, 9.17) is 5.11 Å². The molecule has 0 aliphatic heterocycles. The van der Waals surface area contributed by atoms with Crippen molar-refractivity contribution in [3.05, 3.63) is 12.2 Å². The third-order valence-electron chi connectivity index (χ3n) is 1.10. The number of hydrogen-bond donors (Lipinski definition) is 1. The second-order valence-electron chi connectivity index (χ2n) is 2.04. The zero-order valence-electron chi connectivity index (χ0n) is 6.32. The molecule has 0 aromatic carbocycles. The lowest BCUT2D eigenvalue weighted by molar-refractivity contribution is -0.132. The molecule has 0 spiro atoms. The van der Waals surface area contributed by atoms with E-state index in [1.165, 1.54) is 0 Å². The summed E-state index contributed by atoms with van der Waals surface area (Å²) in [5, 5.41) is 8.33. The average molecular weight is 193 g/mol. The first-order valence-corrected chi connectivity index (χ1v) is 4.17. The largest absolute Gasteiger partial charge is 0.750 e. The molecule has 6 heteroatoms. The molecule has 0 aromatic rings. The van der Waals surface area contributed by atoms with E-state index < -0.39 is 17.3 Å². The molecule has 0 rings (SSSR count). The summed E-state index contributed by atoms with van der Waals surface area (Å²) in [7, 11) is 0. The smallest absolute Gasteiger partial charge is 0.330 e. The maximum atomic E-state index is 10.2. The molecule has 0 heterocycles. The normalized spacial score (nSPS) is 12.4. The van der Waals surface area contributed by atoms with E-state index in [1.807, 2.05) is 0 Å². The Balaban J connectivity index is 3.38. The molecule has 0 aromatic heterocycles. The van der Waals surface area contributed by atoms with Gasteiger partial charge >= 0.3 is 5.97 Å². The summed E-state index contributed by atoms with van der Waals surface area (Å²) >= 11 is -2.52. The van der Waals surface area contributed by atoms with Crippen molar-refractivity contribution >= 4 is 17.3 Å². The molecule has 5 nitrogen and oxygen atoms in total. The monoisotopic (exact) mass is 193 g/mol. The topological polar surface area (TPSA) is 86.7 Å². The van der Waals surface area contributed by atoms with Crippen LogP contribution >= 0.6 is 0 Å². The van der Waals surface area contributed by atoms with Gasteiger partial charge in [-0.2, -0.15) is 0 Å². The summed E-state index contributed by atoms with van der Waals surface area (Å²) in [6.07, 6.45) is 0.561. The van der Waals surface area contributed by atoms with Crippen molar-refractivity contribution in [3.63, 3.8) is 0 Å². The highest BCUT2D eigenvalue weighted by Crippen LogP contribution is 2.02. The Morgan fingerprint density at radius 2 is 2.25 bits per heavy atom. The SMILES string of the molecule is C=C(CCCOS(=O)[O-])C(=O)O. The average Bonchev–Trinajstić information content (AvgIpc) is 1.97. The van der Waals surface area contributed by atoms with Gasteiger partial charge in [-0.1, -0.05) is 6.58 Å². The second kappa shape index (κ2) is 5.87. The lowest BCUT2D eigenvalue weighted by atomic mass is 10.2. The quantitative estimate of drug-likeness (QED) is 0.370. The van der Waals surface area contributed by atoms with Crippen molar-refractivity contribution in [3.8, 4) is 0 Å². The van der Waals surface area contributed by atoms with Gasteiger partial charge in [-0.3, -0.25) is 0 Å².